The van der Waals surface area contributed by atoms with Crippen molar-refractivity contribution in [1.82, 2.24) is 14.7 Å². The Morgan fingerprint density at radius 1 is 1.21 bits per heavy atom. The molecule has 0 bridgehead atoms. The van der Waals surface area contributed by atoms with Gasteiger partial charge in [0, 0.05) is 32.2 Å². The molecule has 2 aromatic rings. The number of likely N-dealkylation sites (tertiary alicyclic amines) is 1. The van der Waals surface area contributed by atoms with Crippen LogP contribution in [0.15, 0.2) is 35.3 Å². The van der Waals surface area contributed by atoms with Crippen molar-refractivity contribution in [3.8, 4) is 0 Å². The SMILES string of the molecule is Cc1ccc(CN2CCC[C@H](n3ncc(N4CCOCC4)cc3=O)C2)cc1F. The van der Waals surface area contributed by atoms with Crippen molar-refractivity contribution in [3.05, 3.63) is 57.8 Å². The van der Waals surface area contributed by atoms with E-state index in [9.17, 15) is 9.18 Å². The van der Waals surface area contributed by atoms with Gasteiger partial charge in [-0.1, -0.05) is 12.1 Å². The summed E-state index contributed by atoms with van der Waals surface area (Å²) < 4.78 is 20.8. The van der Waals surface area contributed by atoms with Crippen LogP contribution in [-0.2, 0) is 11.3 Å². The second kappa shape index (κ2) is 8.41. The molecule has 4 rings (SSSR count). The number of halogens is 1. The van der Waals surface area contributed by atoms with Gasteiger partial charge in [-0.05, 0) is 43.5 Å². The van der Waals surface area contributed by atoms with E-state index in [4.69, 9.17) is 4.74 Å². The molecule has 2 fully saturated rings. The monoisotopic (exact) mass is 386 g/mol. The molecular formula is C21H27FN4O2. The molecule has 150 valence electrons. The maximum Gasteiger partial charge on any atom is 0.269 e. The summed E-state index contributed by atoms with van der Waals surface area (Å²) in [6, 6.07) is 7.15. The fourth-order valence-electron chi connectivity index (χ4n) is 4.04. The fourth-order valence-corrected chi connectivity index (χ4v) is 4.04. The van der Waals surface area contributed by atoms with Crippen molar-refractivity contribution in [1.29, 1.82) is 0 Å². The van der Waals surface area contributed by atoms with Crippen LogP contribution in [-0.4, -0.2) is 54.1 Å². The molecule has 0 unspecified atom stereocenters. The molecule has 28 heavy (non-hydrogen) atoms. The van der Waals surface area contributed by atoms with Gasteiger partial charge in [0.15, 0.2) is 0 Å². The fraction of sp³-hybridized carbons (Fsp3) is 0.524. The summed E-state index contributed by atoms with van der Waals surface area (Å²) >= 11 is 0. The van der Waals surface area contributed by atoms with E-state index in [1.807, 2.05) is 12.1 Å². The summed E-state index contributed by atoms with van der Waals surface area (Å²) in [6.45, 7) is 7.10. The van der Waals surface area contributed by atoms with E-state index in [-0.39, 0.29) is 17.4 Å². The highest BCUT2D eigenvalue weighted by atomic mass is 19.1. The summed E-state index contributed by atoms with van der Waals surface area (Å²) in [7, 11) is 0. The highest BCUT2D eigenvalue weighted by Crippen LogP contribution is 2.22. The van der Waals surface area contributed by atoms with Gasteiger partial charge in [0.25, 0.3) is 5.56 Å². The Balaban J connectivity index is 1.45. The molecule has 2 saturated heterocycles. The lowest BCUT2D eigenvalue weighted by molar-refractivity contribution is 0.122. The molecule has 2 aliphatic heterocycles. The summed E-state index contributed by atoms with van der Waals surface area (Å²) in [6.07, 6.45) is 3.72. The Kier molecular flexibility index (Phi) is 5.73. The van der Waals surface area contributed by atoms with E-state index < -0.39 is 0 Å². The lowest BCUT2D eigenvalue weighted by Crippen LogP contribution is -2.41. The van der Waals surface area contributed by atoms with Gasteiger partial charge < -0.3 is 9.64 Å². The quantitative estimate of drug-likeness (QED) is 0.808. The number of aryl methyl sites for hydroxylation is 1. The maximum atomic E-state index is 13.8. The van der Waals surface area contributed by atoms with Gasteiger partial charge in [0.1, 0.15) is 5.82 Å². The van der Waals surface area contributed by atoms with Crippen LogP contribution < -0.4 is 10.5 Å². The third-order valence-corrected chi connectivity index (χ3v) is 5.66. The summed E-state index contributed by atoms with van der Waals surface area (Å²) in [5.74, 6) is -0.164. The Labute approximate surface area is 164 Å². The summed E-state index contributed by atoms with van der Waals surface area (Å²) in [5.41, 5.74) is 2.44. The minimum absolute atomic E-state index is 0.0512. The van der Waals surface area contributed by atoms with Crippen molar-refractivity contribution in [2.75, 3.05) is 44.3 Å². The average molecular weight is 386 g/mol. The topological polar surface area (TPSA) is 50.6 Å². The Morgan fingerprint density at radius 3 is 2.79 bits per heavy atom. The smallest absolute Gasteiger partial charge is 0.269 e. The third kappa shape index (κ3) is 4.25. The summed E-state index contributed by atoms with van der Waals surface area (Å²) in [4.78, 5) is 17.1. The van der Waals surface area contributed by atoms with Crippen LogP contribution in [0.4, 0.5) is 10.1 Å². The van der Waals surface area contributed by atoms with E-state index in [2.05, 4.69) is 14.9 Å². The molecular weight excluding hydrogens is 359 g/mol. The van der Waals surface area contributed by atoms with Gasteiger partial charge in [-0.2, -0.15) is 5.10 Å². The molecule has 7 heteroatoms. The van der Waals surface area contributed by atoms with Crippen LogP contribution in [0.3, 0.4) is 0 Å². The lowest BCUT2D eigenvalue weighted by Gasteiger charge is -2.33. The number of ether oxygens (including phenoxy) is 1. The number of hydrogen-bond acceptors (Lipinski definition) is 5. The number of rotatable bonds is 4. The van der Waals surface area contributed by atoms with Gasteiger partial charge in [-0.25, -0.2) is 9.07 Å². The van der Waals surface area contributed by atoms with Gasteiger partial charge >= 0.3 is 0 Å². The van der Waals surface area contributed by atoms with Crippen LogP contribution in [0, 0.1) is 12.7 Å². The number of nitrogens with zero attached hydrogens (tertiary/aromatic N) is 4. The van der Waals surface area contributed by atoms with Crippen LogP contribution >= 0.6 is 0 Å². The first kappa shape index (κ1) is 19.1. The second-order valence-electron chi connectivity index (χ2n) is 7.71. The van der Waals surface area contributed by atoms with E-state index >= 15 is 0 Å². The van der Waals surface area contributed by atoms with Crippen LogP contribution in [0.1, 0.15) is 30.0 Å². The minimum Gasteiger partial charge on any atom is -0.378 e. The van der Waals surface area contributed by atoms with Crippen LogP contribution in [0.2, 0.25) is 0 Å². The molecule has 0 N–H and O–H groups in total. The first-order chi connectivity index (χ1) is 13.6. The zero-order valence-electron chi connectivity index (χ0n) is 16.3. The molecule has 1 aromatic carbocycles. The Bertz CT molecular complexity index is 879. The van der Waals surface area contributed by atoms with Gasteiger partial charge in [0.05, 0.1) is 31.1 Å². The van der Waals surface area contributed by atoms with E-state index in [0.29, 0.717) is 25.3 Å². The number of aromatic nitrogens is 2. The van der Waals surface area contributed by atoms with Gasteiger partial charge in [-0.15, -0.1) is 0 Å². The molecule has 2 aliphatic rings. The Morgan fingerprint density at radius 2 is 2.04 bits per heavy atom. The van der Waals surface area contributed by atoms with E-state index in [1.54, 1.807) is 29.9 Å². The zero-order valence-corrected chi connectivity index (χ0v) is 16.3. The number of morpholine rings is 1. The summed E-state index contributed by atoms with van der Waals surface area (Å²) in [5, 5.41) is 4.48. The first-order valence-corrected chi connectivity index (χ1v) is 9.99. The number of benzene rings is 1. The molecule has 0 amide bonds. The largest absolute Gasteiger partial charge is 0.378 e. The van der Waals surface area contributed by atoms with Crippen molar-refractivity contribution in [2.24, 2.45) is 0 Å². The van der Waals surface area contributed by atoms with Crippen LogP contribution in [0.25, 0.3) is 0 Å². The molecule has 0 radical (unpaired) electrons. The average Bonchev–Trinajstić information content (AvgIpc) is 2.71. The molecule has 0 aliphatic carbocycles. The first-order valence-electron chi connectivity index (χ1n) is 9.99. The lowest BCUT2D eigenvalue weighted by atomic mass is 10.0. The van der Waals surface area contributed by atoms with Gasteiger partial charge in [0.2, 0.25) is 0 Å². The predicted molar refractivity (Wildman–Crippen MR) is 106 cm³/mol. The third-order valence-electron chi connectivity index (χ3n) is 5.66. The normalized spacial score (nSPS) is 21.1. The van der Waals surface area contributed by atoms with Crippen molar-refractivity contribution < 1.29 is 9.13 Å². The van der Waals surface area contributed by atoms with Gasteiger partial charge in [-0.3, -0.25) is 9.69 Å². The van der Waals surface area contributed by atoms with E-state index in [0.717, 1.165) is 50.3 Å². The molecule has 3 heterocycles. The molecule has 0 spiro atoms. The number of hydrogen-bond donors (Lipinski definition) is 0. The van der Waals surface area contributed by atoms with E-state index in [1.165, 1.54) is 0 Å². The Hall–Kier alpha value is -2.25. The van der Waals surface area contributed by atoms with Crippen molar-refractivity contribution in [2.45, 2.75) is 32.4 Å². The second-order valence-corrected chi connectivity index (χ2v) is 7.71. The number of piperidine rings is 1. The van der Waals surface area contributed by atoms with Crippen molar-refractivity contribution in [3.63, 3.8) is 0 Å². The standard InChI is InChI=1S/C21H27FN4O2/c1-16-4-5-17(11-20(16)22)14-24-6-2-3-18(15-24)26-21(27)12-19(13-23-26)25-7-9-28-10-8-25/h4-5,11-13,18H,2-3,6-10,14-15H2,1H3/t18-/m0/s1. The zero-order chi connectivity index (χ0) is 19.5. The maximum absolute atomic E-state index is 13.8. The molecule has 6 nitrogen and oxygen atoms in total. The molecule has 1 aromatic heterocycles. The predicted octanol–water partition coefficient (Wildman–Crippen LogP) is 2.36. The molecule has 1 atom stereocenters. The highest BCUT2D eigenvalue weighted by Gasteiger charge is 2.24. The minimum atomic E-state index is -0.164. The highest BCUT2D eigenvalue weighted by molar-refractivity contribution is 5.43. The number of anilines is 1. The van der Waals surface area contributed by atoms with Crippen molar-refractivity contribution >= 4 is 5.69 Å². The van der Waals surface area contributed by atoms with Crippen LogP contribution in [0.5, 0.6) is 0 Å². The molecule has 0 saturated carbocycles.